The Balaban J connectivity index is 1.89. The van der Waals surface area contributed by atoms with Gasteiger partial charge in [0, 0.05) is 23.2 Å². The molecule has 0 aliphatic rings. The average molecular weight is 432 g/mol. The lowest BCUT2D eigenvalue weighted by atomic mass is 10.1. The molecule has 2 aromatic rings. The van der Waals surface area contributed by atoms with Crippen molar-refractivity contribution in [1.82, 2.24) is 0 Å². The maximum absolute atomic E-state index is 5.31. The molecule has 0 heterocycles. The van der Waals surface area contributed by atoms with Crippen LogP contribution >= 0.6 is 15.9 Å². The number of unbranched alkanes of at least 4 members (excludes halogenated alkanes) is 7. The lowest BCUT2D eigenvalue weighted by Crippen LogP contribution is -2.23. The van der Waals surface area contributed by atoms with Crippen molar-refractivity contribution in [1.29, 1.82) is 0 Å². The van der Waals surface area contributed by atoms with E-state index in [0.29, 0.717) is 0 Å². The number of hydrogen-bond acceptors (Lipinski definition) is 2. The van der Waals surface area contributed by atoms with E-state index in [0.717, 1.165) is 23.3 Å². The van der Waals surface area contributed by atoms with Crippen LogP contribution in [0.1, 0.15) is 63.9 Å². The highest BCUT2D eigenvalue weighted by Crippen LogP contribution is 2.23. The minimum absolute atomic E-state index is 0.910. The lowest BCUT2D eigenvalue weighted by Gasteiger charge is -2.25. The molecule has 27 heavy (non-hydrogen) atoms. The summed E-state index contributed by atoms with van der Waals surface area (Å²) in [4.78, 5) is 2.48. The molecule has 0 amide bonds. The molecule has 2 aromatic carbocycles. The summed E-state index contributed by atoms with van der Waals surface area (Å²) in [6, 6.07) is 17.1. The molecule has 0 unspecified atom stereocenters. The van der Waals surface area contributed by atoms with Gasteiger partial charge in [-0.2, -0.15) is 0 Å². The molecular formula is C24H34BrNO. The number of anilines is 1. The van der Waals surface area contributed by atoms with Crippen molar-refractivity contribution in [2.45, 2.75) is 64.8 Å². The summed E-state index contributed by atoms with van der Waals surface area (Å²) < 4.78 is 6.45. The van der Waals surface area contributed by atoms with Crippen LogP contribution in [-0.4, -0.2) is 13.7 Å². The van der Waals surface area contributed by atoms with E-state index >= 15 is 0 Å². The summed E-state index contributed by atoms with van der Waals surface area (Å²) in [5, 5.41) is 0. The molecule has 0 N–H and O–H groups in total. The van der Waals surface area contributed by atoms with E-state index in [2.05, 4.69) is 76.3 Å². The van der Waals surface area contributed by atoms with E-state index in [1.807, 2.05) is 0 Å². The molecule has 148 valence electrons. The summed E-state index contributed by atoms with van der Waals surface area (Å²) in [6.07, 6.45) is 10.8. The largest absolute Gasteiger partial charge is 0.497 e. The van der Waals surface area contributed by atoms with Crippen LogP contribution in [0.5, 0.6) is 5.75 Å². The second kappa shape index (κ2) is 12.8. The minimum Gasteiger partial charge on any atom is -0.497 e. The van der Waals surface area contributed by atoms with Gasteiger partial charge in [0.2, 0.25) is 0 Å². The normalized spacial score (nSPS) is 10.8. The van der Waals surface area contributed by atoms with Crippen LogP contribution < -0.4 is 9.64 Å². The van der Waals surface area contributed by atoms with Gasteiger partial charge in [-0.25, -0.2) is 0 Å². The van der Waals surface area contributed by atoms with Gasteiger partial charge in [-0.05, 0) is 48.4 Å². The third-order valence-electron chi connectivity index (χ3n) is 4.98. The van der Waals surface area contributed by atoms with Crippen molar-refractivity contribution in [3.05, 3.63) is 58.6 Å². The van der Waals surface area contributed by atoms with Gasteiger partial charge in [0.05, 0.1) is 7.11 Å². The van der Waals surface area contributed by atoms with Crippen molar-refractivity contribution in [2.75, 3.05) is 18.6 Å². The van der Waals surface area contributed by atoms with Crippen molar-refractivity contribution in [3.8, 4) is 5.75 Å². The Labute approximate surface area is 174 Å². The van der Waals surface area contributed by atoms with Gasteiger partial charge in [-0.1, -0.05) is 79.9 Å². The first kappa shape index (κ1) is 21.8. The van der Waals surface area contributed by atoms with Crippen molar-refractivity contribution >= 4 is 21.6 Å². The first-order valence-corrected chi connectivity index (χ1v) is 11.2. The van der Waals surface area contributed by atoms with Crippen LogP contribution in [0.25, 0.3) is 0 Å². The van der Waals surface area contributed by atoms with Crippen LogP contribution in [-0.2, 0) is 6.54 Å². The molecular weight excluding hydrogens is 398 g/mol. The highest BCUT2D eigenvalue weighted by molar-refractivity contribution is 9.10. The Morgan fingerprint density at radius 2 is 1.52 bits per heavy atom. The zero-order valence-electron chi connectivity index (χ0n) is 16.9. The van der Waals surface area contributed by atoms with Gasteiger partial charge >= 0.3 is 0 Å². The Hall–Kier alpha value is -1.48. The van der Waals surface area contributed by atoms with E-state index in [-0.39, 0.29) is 0 Å². The highest BCUT2D eigenvalue weighted by atomic mass is 79.9. The topological polar surface area (TPSA) is 12.5 Å². The Bertz CT molecular complexity index is 641. The molecule has 0 aromatic heterocycles. The van der Waals surface area contributed by atoms with Crippen LogP contribution in [0.4, 0.5) is 5.69 Å². The number of benzene rings is 2. The van der Waals surface area contributed by atoms with Gasteiger partial charge in [0.15, 0.2) is 0 Å². The monoisotopic (exact) mass is 431 g/mol. The fourth-order valence-electron chi connectivity index (χ4n) is 3.38. The number of halogens is 1. The molecule has 0 radical (unpaired) electrons. The highest BCUT2D eigenvalue weighted by Gasteiger charge is 2.08. The summed E-state index contributed by atoms with van der Waals surface area (Å²) in [7, 11) is 1.72. The molecule has 2 rings (SSSR count). The van der Waals surface area contributed by atoms with Crippen molar-refractivity contribution in [2.24, 2.45) is 0 Å². The Morgan fingerprint density at radius 1 is 0.852 bits per heavy atom. The van der Waals surface area contributed by atoms with Gasteiger partial charge in [-0.15, -0.1) is 0 Å². The van der Waals surface area contributed by atoms with Crippen LogP contribution in [0.15, 0.2) is 53.0 Å². The van der Waals surface area contributed by atoms with E-state index in [1.54, 1.807) is 7.11 Å². The third-order valence-corrected chi connectivity index (χ3v) is 5.47. The molecule has 0 atom stereocenters. The predicted molar refractivity (Wildman–Crippen MR) is 121 cm³/mol. The summed E-state index contributed by atoms with van der Waals surface area (Å²) in [5.41, 5.74) is 2.60. The van der Waals surface area contributed by atoms with Crippen molar-refractivity contribution in [3.63, 3.8) is 0 Å². The minimum atomic E-state index is 0.910. The number of rotatable bonds is 13. The summed E-state index contributed by atoms with van der Waals surface area (Å²) in [5.74, 6) is 0.910. The standard InChI is InChI=1S/C24H34BrNO/c1-3-4-5-6-7-8-9-10-18-26(20-21-12-11-13-22(25)19-21)23-14-16-24(27-2)17-15-23/h11-17,19H,3-10,18,20H2,1-2H3. The van der Waals surface area contributed by atoms with Crippen LogP contribution in [0, 0.1) is 0 Å². The number of nitrogens with zero attached hydrogens (tertiary/aromatic N) is 1. The molecule has 0 fully saturated rings. The average Bonchev–Trinajstić information content (AvgIpc) is 2.69. The zero-order valence-corrected chi connectivity index (χ0v) is 18.5. The second-order valence-corrected chi connectivity index (χ2v) is 8.14. The lowest BCUT2D eigenvalue weighted by molar-refractivity contribution is 0.415. The Morgan fingerprint density at radius 3 is 2.15 bits per heavy atom. The van der Waals surface area contributed by atoms with Crippen LogP contribution in [0.2, 0.25) is 0 Å². The van der Waals surface area contributed by atoms with E-state index in [9.17, 15) is 0 Å². The molecule has 0 aliphatic carbocycles. The SMILES string of the molecule is CCCCCCCCCCN(Cc1cccc(Br)c1)c1ccc(OC)cc1. The summed E-state index contributed by atoms with van der Waals surface area (Å²) >= 11 is 3.59. The molecule has 0 saturated carbocycles. The second-order valence-electron chi connectivity index (χ2n) is 7.22. The predicted octanol–water partition coefficient (Wildman–Crippen LogP) is 7.61. The third kappa shape index (κ3) is 8.38. The van der Waals surface area contributed by atoms with Gasteiger partial charge in [0.25, 0.3) is 0 Å². The van der Waals surface area contributed by atoms with Gasteiger partial charge < -0.3 is 9.64 Å². The number of hydrogen-bond donors (Lipinski definition) is 0. The smallest absolute Gasteiger partial charge is 0.119 e. The molecule has 0 bridgehead atoms. The maximum atomic E-state index is 5.31. The Kier molecular flexibility index (Phi) is 10.4. The first-order valence-electron chi connectivity index (χ1n) is 10.4. The number of methoxy groups -OCH3 is 1. The van der Waals surface area contributed by atoms with E-state index in [4.69, 9.17) is 4.74 Å². The van der Waals surface area contributed by atoms with Gasteiger partial charge in [-0.3, -0.25) is 0 Å². The molecule has 0 saturated heterocycles. The fourth-order valence-corrected chi connectivity index (χ4v) is 3.83. The van der Waals surface area contributed by atoms with Crippen LogP contribution in [0.3, 0.4) is 0 Å². The van der Waals surface area contributed by atoms with E-state index in [1.165, 1.54) is 62.6 Å². The summed E-state index contributed by atoms with van der Waals surface area (Å²) in [6.45, 7) is 4.30. The molecule has 2 nitrogen and oxygen atoms in total. The maximum Gasteiger partial charge on any atom is 0.119 e. The van der Waals surface area contributed by atoms with Gasteiger partial charge in [0.1, 0.15) is 5.75 Å². The zero-order chi connectivity index (χ0) is 19.3. The van der Waals surface area contributed by atoms with E-state index < -0.39 is 0 Å². The number of ether oxygens (including phenoxy) is 1. The fraction of sp³-hybridized carbons (Fsp3) is 0.500. The molecule has 0 aliphatic heterocycles. The molecule has 3 heteroatoms. The molecule has 0 spiro atoms. The van der Waals surface area contributed by atoms with Crippen molar-refractivity contribution < 1.29 is 4.74 Å². The first-order chi connectivity index (χ1) is 13.2. The quantitative estimate of drug-likeness (QED) is 0.302.